The van der Waals surface area contributed by atoms with Gasteiger partial charge in [-0.2, -0.15) is 0 Å². The summed E-state index contributed by atoms with van der Waals surface area (Å²) >= 11 is 6.07. The maximum absolute atomic E-state index is 11.3. The number of nitrogens with zero attached hydrogens (tertiary/aromatic N) is 2. The van der Waals surface area contributed by atoms with Gasteiger partial charge in [-0.15, -0.1) is 0 Å². The number of aryl methyl sites for hydroxylation is 2. The van der Waals surface area contributed by atoms with E-state index >= 15 is 0 Å². The van der Waals surface area contributed by atoms with Crippen LogP contribution >= 0.6 is 11.6 Å². The fourth-order valence-corrected chi connectivity index (χ4v) is 3.18. The molecule has 1 amide bonds. The average molecular weight is 398 g/mol. The van der Waals surface area contributed by atoms with Gasteiger partial charge in [-0.25, -0.2) is 4.98 Å². The second-order valence-corrected chi connectivity index (χ2v) is 6.93. The van der Waals surface area contributed by atoms with Gasteiger partial charge in [0.2, 0.25) is 5.91 Å². The minimum Gasteiger partial charge on any atom is -0.492 e. The molecule has 3 rings (SSSR count). The normalized spacial score (nSPS) is 10.8. The van der Waals surface area contributed by atoms with Gasteiger partial charge in [0.15, 0.2) is 0 Å². The van der Waals surface area contributed by atoms with Gasteiger partial charge < -0.3 is 14.6 Å². The zero-order chi connectivity index (χ0) is 19.9. The molecule has 1 N–H and O–H groups in total. The SMILES string of the molecule is C=CC(=O)NCCCc1nc2ccccc2n1CCOc1ccc(Cl)c(C)c1. The number of imidazole rings is 1. The summed E-state index contributed by atoms with van der Waals surface area (Å²) in [6.45, 7) is 7.23. The molecule has 0 radical (unpaired) electrons. The van der Waals surface area contributed by atoms with E-state index in [4.69, 9.17) is 21.3 Å². The van der Waals surface area contributed by atoms with Crippen LogP contribution in [0.25, 0.3) is 11.0 Å². The van der Waals surface area contributed by atoms with E-state index in [-0.39, 0.29) is 5.91 Å². The smallest absolute Gasteiger partial charge is 0.243 e. The summed E-state index contributed by atoms with van der Waals surface area (Å²) in [7, 11) is 0. The fraction of sp³-hybridized carbons (Fsp3) is 0.273. The number of hydrogen-bond acceptors (Lipinski definition) is 3. The first-order chi connectivity index (χ1) is 13.6. The molecule has 3 aromatic rings. The molecular weight excluding hydrogens is 374 g/mol. The van der Waals surface area contributed by atoms with Crippen molar-refractivity contribution in [3.8, 4) is 5.75 Å². The zero-order valence-electron chi connectivity index (χ0n) is 16.0. The monoisotopic (exact) mass is 397 g/mol. The van der Waals surface area contributed by atoms with E-state index in [1.807, 2.05) is 43.3 Å². The fourth-order valence-electron chi connectivity index (χ4n) is 3.06. The standard InChI is InChI=1S/C22H24ClN3O2/c1-3-22(27)24-12-6-9-21-25-19-7-4-5-8-20(19)26(21)13-14-28-17-10-11-18(23)16(2)15-17/h3-5,7-8,10-11,15H,1,6,9,12-14H2,2H3,(H,24,27). The minimum absolute atomic E-state index is 0.153. The number of carbonyl (C=O) groups is 1. The number of amides is 1. The van der Waals surface area contributed by atoms with Crippen molar-refractivity contribution in [2.75, 3.05) is 13.2 Å². The van der Waals surface area contributed by atoms with Crippen LogP contribution in [-0.4, -0.2) is 28.6 Å². The lowest BCUT2D eigenvalue weighted by atomic mass is 10.2. The number of para-hydroxylation sites is 2. The first-order valence-corrected chi connectivity index (χ1v) is 9.69. The molecule has 0 saturated heterocycles. The summed E-state index contributed by atoms with van der Waals surface area (Å²) in [5.41, 5.74) is 3.05. The van der Waals surface area contributed by atoms with Crippen LogP contribution in [-0.2, 0) is 17.8 Å². The Morgan fingerprint density at radius 1 is 1.32 bits per heavy atom. The number of nitrogens with one attached hydrogen (secondary N) is 1. The van der Waals surface area contributed by atoms with Crippen molar-refractivity contribution in [3.05, 3.63) is 71.5 Å². The highest BCUT2D eigenvalue weighted by Crippen LogP contribution is 2.22. The van der Waals surface area contributed by atoms with Gasteiger partial charge in [0.05, 0.1) is 17.6 Å². The molecule has 6 heteroatoms. The molecular formula is C22H24ClN3O2. The Morgan fingerprint density at radius 3 is 2.93 bits per heavy atom. The molecule has 0 bridgehead atoms. The van der Waals surface area contributed by atoms with Crippen molar-refractivity contribution in [1.29, 1.82) is 0 Å². The number of halogens is 1. The number of hydrogen-bond donors (Lipinski definition) is 1. The molecule has 1 heterocycles. The summed E-state index contributed by atoms with van der Waals surface area (Å²) in [6, 6.07) is 13.7. The molecule has 2 aromatic carbocycles. The number of fused-ring (bicyclic) bond motifs is 1. The predicted octanol–water partition coefficient (Wildman–Crippen LogP) is 4.31. The summed E-state index contributed by atoms with van der Waals surface area (Å²) < 4.78 is 8.10. The third-order valence-corrected chi connectivity index (χ3v) is 4.93. The van der Waals surface area contributed by atoms with Crippen molar-refractivity contribution < 1.29 is 9.53 Å². The molecule has 5 nitrogen and oxygen atoms in total. The van der Waals surface area contributed by atoms with Crippen LogP contribution in [0, 0.1) is 6.92 Å². The predicted molar refractivity (Wildman–Crippen MR) is 113 cm³/mol. The minimum atomic E-state index is -0.153. The first kappa shape index (κ1) is 20.0. The quantitative estimate of drug-likeness (QED) is 0.432. The molecule has 0 aliphatic heterocycles. The lowest BCUT2D eigenvalue weighted by Gasteiger charge is -2.12. The molecule has 0 aliphatic rings. The van der Waals surface area contributed by atoms with Crippen LogP contribution in [0.15, 0.2) is 55.1 Å². The van der Waals surface area contributed by atoms with Gasteiger partial charge in [-0.3, -0.25) is 4.79 Å². The van der Waals surface area contributed by atoms with Crippen molar-refractivity contribution in [2.24, 2.45) is 0 Å². The molecule has 0 fully saturated rings. The topological polar surface area (TPSA) is 56.2 Å². The molecule has 0 unspecified atom stereocenters. The second-order valence-electron chi connectivity index (χ2n) is 6.53. The van der Waals surface area contributed by atoms with E-state index in [1.54, 1.807) is 0 Å². The Balaban J connectivity index is 1.66. The van der Waals surface area contributed by atoms with Gasteiger partial charge in [-0.1, -0.05) is 30.3 Å². The van der Waals surface area contributed by atoms with E-state index in [0.29, 0.717) is 19.7 Å². The summed E-state index contributed by atoms with van der Waals surface area (Å²) in [6.07, 6.45) is 2.86. The Kier molecular flexibility index (Phi) is 6.71. The van der Waals surface area contributed by atoms with Crippen molar-refractivity contribution in [1.82, 2.24) is 14.9 Å². The molecule has 146 valence electrons. The highest BCUT2D eigenvalue weighted by Gasteiger charge is 2.10. The molecule has 1 aromatic heterocycles. The van der Waals surface area contributed by atoms with Gasteiger partial charge in [0.1, 0.15) is 18.2 Å². The summed E-state index contributed by atoms with van der Waals surface area (Å²) in [5.74, 6) is 1.64. The molecule has 0 aliphatic carbocycles. The van der Waals surface area contributed by atoms with Crippen LogP contribution < -0.4 is 10.1 Å². The molecule has 28 heavy (non-hydrogen) atoms. The van der Waals surface area contributed by atoms with Crippen LogP contribution in [0.4, 0.5) is 0 Å². The van der Waals surface area contributed by atoms with Crippen molar-refractivity contribution >= 4 is 28.5 Å². The largest absolute Gasteiger partial charge is 0.492 e. The summed E-state index contributed by atoms with van der Waals surface area (Å²) in [4.78, 5) is 16.0. The number of aromatic nitrogens is 2. The van der Waals surface area contributed by atoms with Crippen LogP contribution in [0.3, 0.4) is 0 Å². The average Bonchev–Trinajstić information content (AvgIpc) is 3.05. The first-order valence-electron chi connectivity index (χ1n) is 9.32. The molecule has 0 atom stereocenters. The molecule has 0 spiro atoms. The van der Waals surface area contributed by atoms with Gasteiger partial charge in [0.25, 0.3) is 0 Å². The Labute approximate surface area is 170 Å². The lowest BCUT2D eigenvalue weighted by Crippen LogP contribution is -2.22. The number of rotatable bonds is 9. The van der Waals surface area contributed by atoms with Gasteiger partial charge in [0, 0.05) is 18.0 Å². The second kappa shape index (κ2) is 9.42. The number of benzene rings is 2. The van der Waals surface area contributed by atoms with E-state index in [2.05, 4.69) is 22.5 Å². The Bertz CT molecular complexity index is 981. The Hall–Kier alpha value is -2.79. The van der Waals surface area contributed by atoms with E-state index < -0.39 is 0 Å². The van der Waals surface area contributed by atoms with Crippen LogP contribution in [0.1, 0.15) is 17.8 Å². The van der Waals surface area contributed by atoms with Crippen LogP contribution in [0.5, 0.6) is 5.75 Å². The van der Waals surface area contributed by atoms with Gasteiger partial charge in [-0.05, 0) is 55.3 Å². The highest BCUT2D eigenvalue weighted by atomic mass is 35.5. The van der Waals surface area contributed by atoms with E-state index in [9.17, 15) is 4.79 Å². The zero-order valence-corrected chi connectivity index (χ0v) is 16.7. The van der Waals surface area contributed by atoms with E-state index in [1.165, 1.54) is 6.08 Å². The lowest BCUT2D eigenvalue weighted by molar-refractivity contribution is -0.116. The number of ether oxygens (including phenoxy) is 1. The summed E-state index contributed by atoms with van der Waals surface area (Å²) in [5, 5.41) is 3.54. The third kappa shape index (κ3) is 4.93. The number of carbonyl (C=O) groups excluding carboxylic acids is 1. The third-order valence-electron chi connectivity index (χ3n) is 4.51. The maximum Gasteiger partial charge on any atom is 0.243 e. The van der Waals surface area contributed by atoms with Gasteiger partial charge >= 0.3 is 0 Å². The van der Waals surface area contributed by atoms with Crippen molar-refractivity contribution in [2.45, 2.75) is 26.3 Å². The highest BCUT2D eigenvalue weighted by molar-refractivity contribution is 6.31. The molecule has 0 saturated carbocycles. The van der Waals surface area contributed by atoms with Crippen molar-refractivity contribution in [3.63, 3.8) is 0 Å². The Morgan fingerprint density at radius 2 is 2.14 bits per heavy atom. The van der Waals surface area contributed by atoms with Crippen LogP contribution in [0.2, 0.25) is 5.02 Å². The maximum atomic E-state index is 11.3. The van der Waals surface area contributed by atoms with E-state index in [0.717, 1.165) is 46.0 Å².